The molecule has 1 N–H and O–H groups in total. The van der Waals surface area contributed by atoms with Crippen LogP contribution in [0, 0.1) is 0 Å². The zero-order valence-electron chi connectivity index (χ0n) is 17.0. The third kappa shape index (κ3) is 3.83. The predicted octanol–water partition coefficient (Wildman–Crippen LogP) is 3.74. The molecule has 0 spiro atoms. The maximum Gasteiger partial charge on any atom is 0.278 e. The molecule has 31 heavy (non-hydrogen) atoms. The van der Waals surface area contributed by atoms with Gasteiger partial charge in [-0.3, -0.25) is 19.6 Å². The fraction of sp³-hybridized carbons (Fsp3) is 0.381. The van der Waals surface area contributed by atoms with Gasteiger partial charge in [0.2, 0.25) is 5.13 Å². The first-order valence-corrected chi connectivity index (χ1v) is 11.5. The number of nitrogens with zero attached hydrogens (tertiary/aromatic N) is 5. The number of hydrogen-bond acceptors (Lipinski definition) is 6. The number of nitrogens with one attached hydrogen (secondary N) is 1. The quantitative estimate of drug-likeness (QED) is 0.610. The van der Waals surface area contributed by atoms with Gasteiger partial charge in [-0.2, -0.15) is 5.10 Å². The van der Waals surface area contributed by atoms with Crippen LogP contribution < -0.4 is 5.32 Å². The second-order valence-corrected chi connectivity index (χ2v) is 9.20. The highest BCUT2D eigenvalue weighted by Crippen LogP contribution is 2.44. The van der Waals surface area contributed by atoms with E-state index in [0.717, 1.165) is 35.4 Å². The molecule has 0 bridgehead atoms. The number of anilines is 1. The van der Waals surface area contributed by atoms with Gasteiger partial charge in [0.15, 0.2) is 5.69 Å². The number of fused-ring (bicyclic) bond motifs is 1. The van der Waals surface area contributed by atoms with E-state index in [1.54, 1.807) is 9.58 Å². The molecule has 1 aliphatic heterocycles. The summed E-state index contributed by atoms with van der Waals surface area (Å²) in [4.78, 5) is 28.2. The zero-order chi connectivity index (χ0) is 21.5. The molecule has 0 saturated heterocycles. The van der Waals surface area contributed by atoms with Gasteiger partial charge in [0, 0.05) is 23.7 Å². The van der Waals surface area contributed by atoms with E-state index in [2.05, 4.69) is 20.6 Å². The van der Waals surface area contributed by atoms with Gasteiger partial charge in [-0.25, -0.2) is 0 Å². The standard InChI is InChI=1S/C21H21ClN6O2S/c1-2-15-24-25-21(31-15)23-19(29)17-16(12-7-8-12)18-20(30)27(9-10-28(18)26-17)11-13-5-3-4-6-14(13)22/h3-6,12H,2,7-11H2,1H3,(H,23,25,29). The minimum absolute atomic E-state index is 0.108. The molecule has 0 unspecified atom stereocenters. The number of benzene rings is 1. The minimum atomic E-state index is -0.340. The van der Waals surface area contributed by atoms with Gasteiger partial charge >= 0.3 is 0 Å². The third-order valence-corrected chi connectivity index (χ3v) is 6.92. The summed E-state index contributed by atoms with van der Waals surface area (Å²) in [5, 5.41) is 17.3. The summed E-state index contributed by atoms with van der Waals surface area (Å²) in [6, 6.07) is 7.53. The largest absolute Gasteiger partial charge is 0.331 e. The van der Waals surface area contributed by atoms with Crippen LogP contribution in [0.5, 0.6) is 0 Å². The van der Waals surface area contributed by atoms with E-state index >= 15 is 0 Å². The third-order valence-electron chi connectivity index (χ3n) is 5.57. The van der Waals surface area contributed by atoms with E-state index in [9.17, 15) is 9.59 Å². The van der Waals surface area contributed by atoms with Crippen molar-refractivity contribution in [3.63, 3.8) is 0 Å². The Labute approximate surface area is 188 Å². The van der Waals surface area contributed by atoms with Crippen LogP contribution in [-0.4, -0.2) is 43.2 Å². The molecule has 1 aliphatic carbocycles. The number of halogens is 1. The lowest BCUT2D eigenvalue weighted by molar-refractivity contribution is 0.0682. The molecule has 5 rings (SSSR count). The van der Waals surface area contributed by atoms with Gasteiger partial charge in [-0.15, -0.1) is 10.2 Å². The summed E-state index contributed by atoms with van der Waals surface area (Å²) in [5.41, 5.74) is 2.50. The number of aromatic nitrogens is 4. The van der Waals surface area contributed by atoms with Crippen molar-refractivity contribution in [3.05, 3.63) is 56.8 Å². The van der Waals surface area contributed by atoms with Crippen LogP contribution in [-0.2, 0) is 19.5 Å². The SMILES string of the molecule is CCc1nnc(NC(=O)c2nn3c(c2C2CC2)C(=O)N(Cc2ccccc2Cl)CC3)s1. The Morgan fingerprint density at radius 1 is 1.26 bits per heavy atom. The van der Waals surface area contributed by atoms with Gasteiger partial charge in [0.1, 0.15) is 10.7 Å². The molecule has 3 aromatic rings. The number of amides is 2. The van der Waals surface area contributed by atoms with Crippen molar-refractivity contribution in [1.82, 2.24) is 24.9 Å². The van der Waals surface area contributed by atoms with E-state index in [4.69, 9.17) is 11.6 Å². The maximum absolute atomic E-state index is 13.4. The van der Waals surface area contributed by atoms with Crippen LogP contribution in [0.15, 0.2) is 24.3 Å². The molecule has 160 valence electrons. The molecular weight excluding hydrogens is 436 g/mol. The first kappa shape index (κ1) is 20.1. The fourth-order valence-corrected chi connectivity index (χ4v) is 4.71. The van der Waals surface area contributed by atoms with Gasteiger partial charge in [-0.1, -0.05) is 48.1 Å². The highest BCUT2D eigenvalue weighted by Gasteiger charge is 2.40. The Balaban J connectivity index is 1.44. The van der Waals surface area contributed by atoms with Crippen molar-refractivity contribution in [1.29, 1.82) is 0 Å². The van der Waals surface area contributed by atoms with Crippen molar-refractivity contribution in [2.45, 2.75) is 45.2 Å². The fourth-order valence-electron chi connectivity index (χ4n) is 3.84. The van der Waals surface area contributed by atoms with Gasteiger partial charge in [-0.05, 0) is 36.8 Å². The van der Waals surface area contributed by atoms with Crippen molar-refractivity contribution >= 4 is 39.9 Å². The minimum Gasteiger partial charge on any atom is -0.331 e. The number of rotatable bonds is 6. The van der Waals surface area contributed by atoms with Crippen LogP contribution >= 0.6 is 22.9 Å². The molecule has 8 nitrogen and oxygen atoms in total. The molecule has 3 heterocycles. The topological polar surface area (TPSA) is 93.0 Å². The Bertz CT molecular complexity index is 1170. The summed E-state index contributed by atoms with van der Waals surface area (Å²) in [7, 11) is 0. The van der Waals surface area contributed by atoms with Gasteiger partial charge in [0.25, 0.3) is 11.8 Å². The molecule has 0 atom stereocenters. The monoisotopic (exact) mass is 456 g/mol. The van der Waals surface area contributed by atoms with E-state index in [0.29, 0.717) is 41.2 Å². The zero-order valence-corrected chi connectivity index (χ0v) is 18.5. The van der Waals surface area contributed by atoms with Crippen molar-refractivity contribution in [2.75, 3.05) is 11.9 Å². The molecular formula is C21H21ClN6O2S. The summed E-state index contributed by atoms with van der Waals surface area (Å²) in [6.45, 7) is 3.47. The van der Waals surface area contributed by atoms with Crippen molar-refractivity contribution in [3.8, 4) is 0 Å². The Hall–Kier alpha value is -2.78. The summed E-state index contributed by atoms with van der Waals surface area (Å²) >= 11 is 7.65. The molecule has 1 fully saturated rings. The molecule has 10 heteroatoms. The van der Waals surface area contributed by atoms with Crippen LogP contribution in [0.2, 0.25) is 5.02 Å². The number of hydrogen-bond donors (Lipinski definition) is 1. The smallest absolute Gasteiger partial charge is 0.278 e. The maximum atomic E-state index is 13.4. The number of carbonyl (C=O) groups excluding carboxylic acids is 2. The van der Waals surface area contributed by atoms with Gasteiger partial charge < -0.3 is 4.90 Å². The highest BCUT2D eigenvalue weighted by atomic mass is 35.5. The Morgan fingerprint density at radius 2 is 2.06 bits per heavy atom. The molecule has 2 aromatic heterocycles. The normalized spacial score (nSPS) is 15.8. The van der Waals surface area contributed by atoms with E-state index in [1.165, 1.54) is 11.3 Å². The van der Waals surface area contributed by atoms with E-state index in [1.807, 2.05) is 31.2 Å². The van der Waals surface area contributed by atoms with Gasteiger partial charge in [0.05, 0.1) is 6.54 Å². The van der Waals surface area contributed by atoms with Crippen LogP contribution in [0.3, 0.4) is 0 Å². The molecule has 2 aliphatic rings. The average molecular weight is 457 g/mol. The first-order valence-electron chi connectivity index (χ1n) is 10.3. The molecule has 1 aromatic carbocycles. The average Bonchev–Trinajstić information content (AvgIpc) is 3.37. The highest BCUT2D eigenvalue weighted by molar-refractivity contribution is 7.15. The Morgan fingerprint density at radius 3 is 2.77 bits per heavy atom. The lowest BCUT2D eigenvalue weighted by atomic mass is 10.0. The first-order chi connectivity index (χ1) is 15.0. The summed E-state index contributed by atoms with van der Waals surface area (Å²) in [5.74, 6) is -0.258. The number of aryl methyl sites for hydroxylation is 1. The van der Waals surface area contributed by atoms with Crippen molar-refractivity contribution in [2.24, 2.45) is 0 Å². The second kappa shape index (κ2) is 8.05. The summed E-state index contributed by atoms with van der Waals surface area (Å²) in [6.07, 6.45) is 2.67. The van der Waals surface area contributed by atoms with Crippen LogP contribution in [0.25, 0.3) is 0 Å². The lowest BCUT2D eigenvalue weighted by Gasteiger charge is -2.28. The van der Waals surface area contributed by atoms with E-state index in [-0.39, 0.29) is 17.7 Å². The predicted molar refractivity (Wildman–Crippen MR) is 118 cm³/mol. The Kier molecular flexibility index (Phi) is 5.23. The summed E-state index contributed by atoms with van der Waals surface area (Å²) < 4.78 is 1.69. The second-order valence-electron chi connectivity index (χ2n) is 7.74. The molecule has 0 radical (unpaired) electrons. The van der Waals surface area contributed by atoms with E-state index < -0.39 is 0 Å². The van der Waals surface area contributed by atoms with Crippen LogP contribution in [0.4, 0.5) is 5.13 Å². The van der Waals surface area contributed by atoms with Crippen LogP contribution in [0.1, 0.15) is 62.8 Å². The number of carbonyl (C=O) groups is 2. The van der Waals surface area contributed by atoms with Crippen molar-refractivity contribution < 1.29 is 9.59 Å². The lowest BCUT2D eigenvalue weighted by Crippen LogP contribution is -2.40. The molecule has 2 amide bonds. The molecule has 1 saturated carbocycles.